The molecule has 0 aromatic rings. The van der Waals surface area contributed by atoms with Gasteiger partial charge in [0.15, 0.2) is 0 Å². The van der Waals surface area contributed by atoms with Crippen molar-refractivity contribution < 1.29 is 4.79 Å². The second-order valence-corrected chi connectivity index (χ2v) is 12.8. The SMILES string of the molecule is CCCCCCCC/C=C\CCCCCCCCN(CCCCCCCCCCCCCCCC)C(=O)CC(N)N. The molecule has 41 heavy (non-hydrogen) atoms. The summed E-state index contributed by atoms with van der Waals surface area (Å²) < 4.78 is 0. The summed E-state index contributed by atoms with van der Waals surface area (Å²) in [6, 6.07) is 0. The van der Waals surface area contributed by atoms with Gasteiger partial charge in [0, 0.05) is 13.1 Å². The van der Waals surface area contributed by atoms with E-state index in [9.17, 15) is 4.79 Å². The molecule has 0 fully saturated rings. The van der Waals surface area contributed by atoms with Gasteiger partial charge in [0.05, 0.1) is 12.6 Å². The molecule has 4 nitrogen and oxygen atoms in total. The lowest BCUT2D eigenvalue weighted by molar-refractivity contribution is -0.131. The van der Waals surface area contributed by atoms with Gasteiger partial charge in [-0.3, -0.25) is 4.79 Å². The van der Waals surface area contributed by atoms with Gasteiger partial charge < -0.3 is 16.4 Å². The van der Waals surface area contributed by atoms with Gasteiger partial charge >= 0.3 is 0 Å². The third-order valence-electron chi connectivity index (χ3n) is 8.48. The molecule has 0 radical (unpaired) electrons. The Kier molecular flexibility index (Phi) is 32.9. The minimum atomic E-state index is -0.541. The monoisotopic (exact) mass is 578 g/mol. The van der Waals surface area contributed by atoms with E-state index >= 15 is 0 Å². The van der Waals surface area contributed by atoms with Gasteiger partial charge in [0.2, 0.25) is 5.91 Å². The van der Waals surface area contributed by atoms with Gasteiger partial charge in [-0.1, -0.05) is 167 Å². The van der Waals surface area contributed by atoms with Crippen LogP contribution >= 0.6 is 0 Å². The second-order valence-electron chi connectivity index (χ2n) is 12.8. The topological polar surface area (TPSA) is 72.3 Å². The van der Waals surface area contributed by atoms with Crippen LogP contribution in [-0.2, 0) is 4.79 Å². The fourth-order valence-electron chi connectivity index (χ4n) is 5.74. The summed E-state index contributed by atoms with van der Waals surface area (Å²) in [5.74, 6) is 0.141. The van der Waals surface area contributed by atoms with Crippen LogP contribution in [0.4, 0.5) is 0 Å². The van der Waals surface area contributed by atoms with Crippen LogP contribution in [0.25, 0.3) is 0 Å². The van der Waals surface area contributed by atoms with E-state index in [1.807, 2.05) is 4.90 Å². The molecule has 1 amide bonds. The largest absolute Gasteiger partial charge is 0.343 e. The highest BCUT2D eigenvalue weighted by Gasteiger charge is 2.14. The zero-order valence-corrected chi connectivity index (χ0v) is 28.2. The number of amides is 1. The lowest BCUT2D eigenvalue weighted by Crippen LogP contribution is -2.40. The number of allylic oxidation sites excluding steroid dienone is 2. The molecule has 0 unspecified atom stereocenters. The lowest BCUT2D eigenvalue weighted by Gasteiger charge is -2.23. The summed E-state index contributed by atoms with van der Waals surface area (Å²) in [5.41, 5.74) is 11.5. The summed E-state index contributed by atoms with van der Waals surface area (Å²) in [6.07, 6.45) is 41.9. The van der Waals surface area contributed by atoms with E-state index in [0.29, 0.717) is 0 Å². The van der Waals surface area contributed by atoms with Crippen LogP contribution in [0.1, 0.15) is 200 Å². The van der Waals surface area contributed by atoms with Crippen LogP contribution in [-0.4, -0.2) is 30.1 Å². The number of carbonyl (C=O) groups excluding carboxylic acids is 1. The predicted molar refractivity (Wildman–Crippen MR) is 183 cm³/mol. The maximum absolute atomic E-state index is 12.7. The molecule has 4 heteroatoms. The van der Waals surface area contributed by atoms with E-state index in [0.717, 1.165) is 25.9 Å². The van der Waals surface area contributed by atoms with E-state index in [2.05, 4.69) is 26.0 Å². The molecule has 0 aromatic carbocycles. The average molecular weight is 578 g/mol. The minimum absolute atomic E-state index is 0.141. The molecule has 0 heterocycles. The van der Waals surface area contributed by atoms with Gasteiger partial charge in [0.25, 0.3) is 0 Å². The van der Waals surface area contributed by atoms with Crippen LogP contribution in [0.2, 0.25) is 0 Å². The van der Waals surface area contributed by atoms with Crippen LogP contribution in [0.15, 0.2) is 12.2 Å². The third-order valence-corrected chi connectivity index (χ3v) is 8.48. The van der Waals surface area contributed by atoms with Crippen molar-refractivity contribution in [1.29, 1.82) is 0 Å². The maximum Gasteiger partial charge on any atom is 0.225 e. The Morgan fingerprint density at radius 2 is 0.780 bits per heavy atom. The summed E-state index contributed by atoms with van der Waals surface area (Å²) >= 11 is 0. The average Bonchev–Trinajstić information content (AvgIpc) is 2.95. The van der Waals surface area contributed by atoms with Gasteiger partial charge in [0.1, 0.15) is 0 Å². The normalized spacial score (nSPS) is 11.7. The molecule has 0 saturated heterocycles. The van der Waals surface area contributed by atoms with Crippen molar-refractivity contribution in [3.63, 3.8) is 0 Å². The van der Waals surface area contributed by atoms with Crippen LogP contribution in [0.5, 0.6) is 0 Å². The fourth-order valence-corrected chi connectivity index (χ4v) is 5.74. The molecule has 0 aromatic heterocycles. The number of unbranched alkanes of at least 4 members (excludes halogenated alkanes) is 25. The molecule has 244 valence electrons. The number of carbonyl (C=O) groups is 1. The van der Waals surface area contributed by atoms with Crippen LogP contribution < -0.4 is 11.5 Å². The number of nitrogens with two attached hydrogens (primary N) is 2. The van der Waals surface area contributed by atoms with Crippen molar-refractivity contribution in [2.45, 2.75) is 206 Å². The van der Waals surface area contributed by atoms with E-state index in [1.165, 1.54) is 167 Å². The predicted octanol–water partition coefficient (Wildman–Crippen LogP) is 11.0. The Morgan fingerprint density at radius 1 is 0.488 bits per heavy atom. The van der Waals surface area contributed by atoms with Crippen molar-refractivity contribution in [2.24, 2.45) is 11.5 Å². The molecule has 0 bridgehead atoms. The fraction of sp³-hybridized carbons (Fsp3) is 0.919. The van der Waals surface area contributed by atoms with Crippen molar-refractivity contribution in [3.8, 4) is 0 Å². The molecule has 0 aliphatic rings. The van der Waals surface area contributed by atoms with E-state index in [1.54, 1.807) is 0 Å². The van der Waals surface area contributed by atoms with Crippen molar-refractivity contribution in [1.82, 2.24) is 4.90 Å². The lowest BCUT2D eigenvalue weighted by atomic mass is 10.0. The first-order valence-electron chi connectivity index (χ1n) is 18.6. The highest BCUT2D eigenvalue weighted by atomic mass is 16.2. The molecule has 0 rings (SSSR count). The molecular weight excluding hydrogens is 502 g/mol. The number of rotatable bonds is 33. The van der Waals surface area contributed by atoms with Gasteiger partial charge in [-0.05, 0) is 38.5 Å². The summed E-state index contributed by atoms with van der Waals surface area (Å²) in [7, 11) is 0. The van der Waals surface area contributed by atoms with Crippen molar-refractivity contribution >= 4 is 5.91 Å². The van der Waals surface area contributed by atoms with Crippen LogP contribution in [0, 0.1) is 0 Å². The first-order chi connectivity index (χ1) is 20.1. The van der Waals surface area contributed by atoms with Crippen molar-refractivity contribution in [2.75, 3.05) is 13.1 Å². The summed E-state index contributed by atoms with van der Waals surface area (Å²) in [5, 5.41) is 0. The Labute approximate surface area is 258 Å². The quantitative estimate of drug-likeness (QED) is 0.0463. The number of hydrogen-bond acceptors (Lipinski definition) is 3. The van der Waals surface area contributed by atoms with Crippen LogP contribution in [0.3, 0.4) is 0 Å². The Bertz CT molecular complexity index is 548. The maximum atomic E-state index is 12.7. The summed E-state index contributed by atoms with van der Waals surface area (Å²) in [6.45, 7) is 6.30. The number of hydrogen-bond donors (Lipinski definition) is 2. The summed E-state index contributed by atoms with van der Waals surface area (Å²) in [4.78, 5) is 14.7. The Morgan fingerprint density at radius 3 is 1.10 bits per heavy atom. The zero-order valence-electron chi connectivity index (χ0n) is 28.2. The molecule has 0 aliphatic carbocycles. The number of nitrogens with zero attached hydrogens (tertiary/aromatic N) is 1. The molecule has 0 spiro atoms. The minimum Gasteiger partial charge on any atom is -0.343 e. The molecule has 0 atom stereocenters. The first kappa shape index (κ1) is 40.1. The zero-order chi connectivity index (χ0) is 30.1. The van der Waals surface area contributed by atoms with E-state index in [4.69, 9.17) is 11.5 Å². The Balaban J connectivity index is 3.74. The van der Waals surface area contributed by atoms with E-state index in [-0.39, 0.29) is 12.3 Å². The molecule has 0 aliphatic heterocycles. The first-order valence-corrected chi connectivity index (χ1v) is 18.6. The van der Waals surface area contributed by atoms with Gasteiger partial charge in [-0.25, -0.2) is 0 Å². The molecular formula is C37H75N3O. The molecule has 4 N–H and O–H groups in total. The Hall–Kier alpha value is -0.870. The second kappa shape index (κ2) is 33.6. The van der Waals surface area contributed by atoms with Gasteiger partial charge in [-0.15, -0.1) is 0 Å². The van der Waals surface area contributed by atoms with E-state index < -0.39 is 6.17 Å². The highest BCUT2D eigenvalue weighted by molar-refractivity contribution is 5.76. The molecule has 0 saturated carbocycles. The highest BCUT2D eigenvalue weighted by Crippen LogP contribution is 2.14. The van der Waals surface area contributed by atoms with Crippen molar-refractivity contribution in [3.05, 3.63) is 12.2 Å². The third kappa shape index (κ3) is 31.9. The standard InChI is InChI=1S/C37H75N3O/c1-3-5-7-9-11-13-15-17-19-20-22-24-26-28-30-32-34-40(37(41)35-36(38)39)33-31-29-27-25-23-21-18-16-14-12-10-8-6-4-2/h17,19,36H,3-16,18,20-35,38-39H2,1-2H3/b19-17-. The van der Waals surface area contributed by atoms with Gasteiger partial charge in [-0.2, -0.15) is 0 Å². The smallest absolute Gasteiger partial charge is 0.225 e.